The molecule has 0 saturated carbocycles. The van der Waals surface area contributed by atoms with Crippen molar-refractivity contribution >= 4 is 9.84 Å². The molecule has 1 rings (SSSR count). The normalized spacial score (nSPS) is 11.9. The number of nitrogens with zero attached hydrogens (tertiary/aromatic N) is 1. The predicted octanol–water partition coefficient (Wildman–Crippen LogP) is 0.0931. The Labute approximate surface area is 82.1 Å². The molecule has 14 heavy (non-hydrogen) atoms. The van der Waals surface area contributed by atoms with Crippen molar-refractivity contribution in [2.24, 2.45) is 0 Å². The number of aromatic nitrogens is 2. The Kier molecular flexibility index (Phi) is 3.05. The number of hydrogen-bond donors (Lipinski definition) is 1. The topological polar surface area (TPSA) is 79.9 Å². The van der Waals surface area contributed by atoms with E-state index in [0.29, 0.717) is 0 Å². The molecule has 1 heterocycles. The summed E-state index contributed by atoms with van der Waals surface area (Å²) in [6.45, 7) is 3.19. The zero-order valence-electron chi connectivity index (χ0n) is 8.02. The fraction of sp³-hybridized carbons (Fsp3) is 0.500. The lowest BCUT2D eigenvalue weighted by Gasteiger charge is -2.05. The molecule has 0 atom stereocenters. The molecule has 5 nitrogen and oxygen atoms in total. The van der Waals surface area contributed by atoms with Crippen LogP contribution >= 0.6 is 0 Å². The molecule has 1 aromatic heterocycles. The minimum absolute atomic E-state index is 0.186. The second-order valence-corrected chi connectivity index (χ2v) is 5.79. The summed E-state index contributed by atoms with van der Waals surface area (Å²) in [7, 11) is -3.20. The van der Waals surface area contributed by atoms with E-state index < -0.39 is 15.1 Å². The molecule has 6 heteroatoms. The van der Waals surface area contributed by atoms with Gasteiger partial charge < -0.3 is 4.98 Å². The van der Waals surface area contributed by atoms with Gasteiger partial charge in [-0.3, -0.25) is 4.79 Å². The first-order chi connectivity index (χ1) is 6.42. The molecule has 0 fully saturated rings. The Morgan fingerprint density at radius 3 is 2.64 bits per heavy atom. The van der Waals surface area contributed by atoms with Gasteiger partial charge in [0.1, 0.15) is 11.6 Å². The van der Waals surface area contributed by atoms with E-state index in [1.807, 2.05) is 0 Å². The Bertz CT molecular complexity index is 461. The van der Waals surface area contributed by atoms with Crippen LogP contribution in [-0.2, 0) is 15.6 Å². The maximum absolute atomic E-state index is 11.4. The highest BCUT2D eigenvalue weighted by atomic mass is 32.2. The largest absolute Gasteiger partial charge is 0.310 e. The van der Waals surface area contributed by atoms with Gasteiger partial charge in [0.2, 0.25) is 0 Å². The molecule has 1 N–H and O–H groups in total. The van der Waals surface area contributed by atoms with Crippen molar-refractivity contribution in [1.82, 2.24) is 9.97 Å². The number of sulfone groups is 1. The molecular formula is C8H12N2O3S. The number of hydrogen-bond acceptors (Lipinski definition) is 4. The average Bonchev–Trinajstić information content (AvgIpc) is 2.02. The number of nitrogens with one attached hydrogen (secondary N) is 1. The summed E-state index contributed by atoms with van der Waals surface area (Å²) in [5, 5.41) is -0.465. The average molecular weight is 216 g/mol. The van der Waals surface area contributed by atoms with Gasteiger partial charge in [-0.2, -0.15) is 0 Å². The van der Waals surface area contributed by atoms with Crippen LogP contribution in [0.1, 0.15) is 19.7 Å². The van der Waals surface area contributed by atoms with Crippen LogP contribution in [0, 0.1) is 0 Å². The van der Waals surface area contributed by atoms with Gasteiger partial charge in [-0.25, -0.2) is 13.4 Å². The molecule has 0 aliphatic rings. The van der Waals surface area contributed by atoms with Crippen LogP contribution in [0.2, 0.25) is 0 Å². The van der Waals surface area contributed by atoms with E-state index in [-0.39, 0.29) is 17.1 Å². The van der Waals surface area contributed by atoms with E-state index in [1.165, 1.54) is 12.3 Å². The maximum Gasteiger partial charge on any atom is 0.250 e. The molecule has 0 unspecified atom stereocenters. The van der Waals surface area contributed by atoms with Crippen molar-refractivity contribution in [3.8, 4) is 0 Å². The zero-order valence-corrected chi connectivity index (χ0v) is 8.84. The Morgan fingerprint density at radius 2 is 2.14 bits per heavy atom. The van der Waals surface area contributed by atoms with Crippen molar-refractivity contribution < 1.29 is 8.42 Å². The van der Waals surface area contributed by atoms with Crippen molar-refractivity contribution in [1.29, 1.82) is 0 Å². The maximum atomic E-state index is 11.4. The van der Waals surface area contributed by atoms with Gasteiger partial charge in [0.25, 0.3) is 5.56 Å². The van der Waals surface area contributed by atoms with Crippen molar-refractivity contribution in [3.63, 3.8) is 0 Å². The summed E-state index contributed by atoms with van der Waals surface area (Å²) >= 11 is 0. The summed E-state index contributed by atoms with van der Waals surface area (Å²) < 4.78 is 22.9. The molecule has 0 saturated heterocycles. The summed E-state index contributed by atoms with van der Waals surface area (Å²) in [6.07, 6.45) is 1.30. The first kappa shape index (κ1) is 10.9. The Hall–Kier alpha value is -1.17. The molecule has 0 spiro atoms. The molecule has 0 aliphatic carbocycles. The van der Waals surface area contributed by atoms with E-state index >= 15 is 0 Å². The van der Waals surface area contributed by atoms with Crippen LogP contribution in [0.25, 0.3) is 0 Å². The third-order valence-corrected chi connectivity index (χ3v) is 3.89. The quantitative estimate of drug-likeness (QED) is 0.776. The smallest absolute Gasteiger partial charge is 0.250 e. The first-order valence-corrected chi connectivity index (χ1v) is 5.89. The summed E-state index contributed by atoms with van der Waals surface area (Å²) in [5.74, 6) is -0.0352. The molecule has 0 aliphatic heterocycles. The fourth-order valence-corrected chi connectivity index (χ4v) is 1.70. The lowest BCUT2D eigenvalue weighted by Crippen LogP contribution is -2.19. The third kappa shape index (κ3) is 2.66. The number of aromatic amines is 1. The SMILES string of the molecule is CC(C)S(=O)(=O)Cc1nccc(=O)[nH]1. The lowest BCUT2D eigenvalue weighted by atomic mass is 10.6. The van der Waals surface area contributed by atoms with Gasteiger partial charge in [0.05, 0.1) is 5.25 Å². The van der Waals surface area contributed by atoms with Gasteiger partial charge in [-0.15, -0.1) is 0 Å². The van der Waals surface area contributed by atoms with Gasteiger partial charge in [0.15, 0.2) is 9.84 Å². The van der Waals surface area contributed by atoms with Gasteiger partial charge >= 0.3 is 0 Å². The standard InChI is InChI=1S/C8H12N2O3S/c1-6(2)14(12,13)5-7-9-4-3-8(11)10-7/h3-4,6H,5H2,1-2H3,(H,9,10,11). The number of rotatable bonds is 3. The zero-order chi connectivity index (χ0) is 10.8. The minimum atomic E-state index is -3.20. The van der Waals surface area contributed by atoms with Gasteiger partial charge in [-0.05, 0) is 13.8 Å². The molecule has 0 bridgehead atoms. The molecule has 78 valence electrons. The Morgan fingerprint density at radius 1 is 1.50 bits per heavy atom. The summed E-state index contributed by atoms with van der Waals surface area (Å²) in [4.78, 5) is 17.0. The van der Waals surface area contributed by atoms with Crippen LogP contribution in [0.15, 0.2) is 17.1 Å². The minimum Gasteiger partial charge on any atom is -0.310 e. The van der Waals surface area contributed by atoms with Crippen LogP contribution in [0.5, 0.6) is 0 Å². The summed E-state index contributed by atoms with van der Waals surface area (Å²) in [6, 6.07) is 1.24. The van der Waals surface area contributed by atoms with Crippen LogP contribution in [-0.4, -0.2) is 23.6 Å². The van der Waals surface area contributed by atoms with E-state index in [0.717, 1.165) is 0 Å². The van der Waals surface area contributed by atoms with Crippen LogP contribution < -0.4 is 5.56 Å². The second kappa shape index (κ2) is 3.91. The molecule has 1 aromatic rings. The molecule has 0 aromatic carbocycles. The highest BCUT2D eigenvalue weighted by Gasteiger charge is 2.17. The van der Waals surface area contributed by atoms with Gasteiger partial charge in [-0.1, -0.05) is 0 Å². The first-order valence-electron chi connectivity index (χ1n) is 4.17. The number of H-pyrrole nitrogens is 1. The van der Waals surface area contributed by atoms with Crippen molar-refractivity contribution in [3.05, 3.63) is 28.4 Å². The van der Waals surface area contributed by atoms with Crippen LogP contribution in [0.3, 0.4) is 0 Å². The van der Waals surface area contributed by atoms with Crippen molar-refractivity contribution in [2.45, 2.75) is 24.9 Å². The van der Waals surface area contributed by atoms with E-state index in [1.54, 1.807) is 13.8 Å². The molecule has 0 radical (unpaired) electrons. The third-order valence-electron chi connectivity index (χ3n) is 1.78. The van der Waals surface area contributed by atoms with E-state index in [4.69, 9.17) is 0 Å². The van der Waals surface area contributed by atoms with E-state index in [9.17, 15) is 13.2 Å². The van der Waals surface area contributed by atoms with Crippen molar-refractivity contribution in [2.75, 3.05) is 0 Å². The predicted molar refractivity (Wildman–Crippen MR) is 52.6 cm³/mol. The lowest BCUT2D eigenvalue weighted by molar-refractivity contribution is 0.585. The molecule has 0 amide bonds. The Balaban J connectivity index is 2.96. The second-order valence-electron chi connectivity index (χ2n) is 3.24. The monoisotopic (exact) mass is 216 g/mol. The van der Waals surface area contributed by atoms with Gasteiger partial charge in [0, 0.05) is 12.3 Å². The summed E-state index contributed by atoms with van der Waals surface area (Å²) in [5.41, 5.74) is -0.339. The molecular weight excluding hydrogens is 204 g/mol. The van der Waals surface area contributed by atoms with E-state index in [2.05, 4.69) is 9.97 Å². The highest BCUT2D eigenvalue weighted by Crippen LogP contribution is 2.05. The fourth-order valence-electron chi connectivity index (χ4n) is 0.842. The van der Waals surface area contributed by atoms with Crippen LogP contribution in [0.4, 0.5) is 0 Å². The highest BCUT2D eigenvalue weighted by molar-refractivity contribution is 7.91.